The number of nitriles is 1. The van der Waals surface area contributed by atoms with Gasteiger partial charge in [0.05, 0.1) is 19.3 Å². The van der Waals surface area contributed by atoms with E-state index in [-0.39, 0.29) is 19.6 Å². The molecular weight excluding hydrogens is 198 g/mol. The summed E-state index contributed by atoms with van der Waals surface area (Å²) in [7, 11) is 0. The normalized spacial score (nSPS) is 8.80. The van der Waals surface area contributed by atoms with Crippen molar-refractivity contribution in [2.45, 2.75) is 19.8 Å². The van der Waals surface area contributed by atoms with Crippen molar-refractivity contribution < 1.29 is 19.1 Å². The molecule has 0 amide bonds. The summed E-state index contributed by atoms with van der Waals surface area (Å²) in [6.07, 6.45) is 0.155. The predicted molar refractivity (Wildman–Crippen MR) is 51.6 cm³/mol. The van der Waals surface area contributed by atoms with Gasteiger partial charge in [0.1, 0.15) is 6.42 Å². The number of carbonyl (C=O) groups is 2. The monoisotopic (exact) mass is 211 g/mol. The van der Waals surface area contributed by atoms with Crippen molar-refractivity contribution >= 4 is 11.9 Å². The first-order chi connectivity index (χ1) is 7.07. The van der Waals surface area contributed by atoms with Gasteiger partial charge >= 0.3 is 11.9 Å². The highest BCUT2D eigenvalue weighted by Gasteiger charge is 2.03. The van der Waals surface area contributed by atoms with Crippen molar-refractivity contribution in [1.82, 2.24) is 0 Å². The second-order valence-corrected chi connectivity index (χ2v) is 2.83. The molecule has 0 aliphatic carbocycles. The van der Waals surface area contributed by atoms with Crippen LogP contribution in [0.5, 0.6) is 0 Å². The molecule has 0 fully saturated rings. The van der Waals surface area contributed by atoms with Gasteiger partial charge in [0.2, 0.25) is 0 Å². The molecule has 0 heterocycles. The number of ether oxygens (including phenoxy) is 2. The minimum Gasteiger partial charge on any atom is -0.465 e. The Morgan fingerprint density at radius 1 is 1.33 bits per heavy atom. The van der Waals surface area contributed by atoms with Gasteiger partial charge in [0.15, 0.2) is 0 Å². The van der Waals surface area contributed by atoms with Crippen molar-refractivity contribution in [3.8, 4) is 6.07 Å². The third-order valence-corrected chi connectivity index (χ3v) is 1.36. The van der Waals surface area contributed by atoms with Crippen LogP contribution in [0.25, 0.3) is 0 Å². The standard InChI is InChI=1S/C10H13NO4/c1-8(2)10(13)15-7-3-6-14-9(12)4-5-11/h1,3-4,6-7H2,2H3. The van der Waals surface area contributed by atoms with Gasteiger partial charge in [-0.2, -0.15) is 5.26 Å². The van der Waals surface area contributed by atoms with Gasteiger partial charge in [-0.25, -0.2) is 4.79 Å². The van der Waals surface area contributed by atoms with Gasteiger partial charge in [0.25, 0.3) is 0 Å². The van der Waals surface area contributed by atoms with Crippen molar-refractivity contribution in [2.75, 3.05) is 13.2 Å². The van der Waals surface area contributed by atoms with Crippen molar-refractivity contribution in [3.05, 3.63) is 12.2 Å². The Labute approximate surface area is 88.3 Å². The fourth-order valence-corrected chi connectivity index (χ4v) is 0.649. The van der Waals surface area contributed by atoms with E-state index in [0.717, 1.165) is 0 Å². The molecule has 0 radical (unpaired) electrons. The highest BCUT2D eigenvalue weighted by Crippen LogP contribution is 1.94. The molecule has 0 bridgehead atoms. The summed E-state index contributed by atoms with van der Waals surface area (Å²) in [6, 6.07) is 1.67. The van der Waals surface area contributed by atoms with Crippen LogP contribution in [-0.4, -0.2) is 25.2 Å². The Morgan fingerprint density at radius 2 is 1.93 bits per heavy atom. The van der Waals surface area contributed by atoms with Crippen molar-refractivity contribution in [1.29, 1.82) is 5.26 Å². The molecule has 0 aromatic carbocycles. The Balaban J connectivity index is 3.41. The van der Waals surface area contributed by atoms with E-state index in [9.17, 15) is 9.59 Å². The molecular formula is C10H13NO4. The van der Waals surface area contributed by atoms with E-state index in [1.165, 1.54) is 0 Å². The van der Waals surface area contributed by atoms with Gasteiger partial charge in [-0.3, -0.25) is 4.79 Å². The lowest BCUT2D eigenvalue weighted by Gasteiger charge is -2.04. The second-order valence-electron chi connectivity index (χ2n) is 2.83. The lowest BCUT2D eigenvalue weighted by Crippen LogP contribution is -2.10. The number of carbonyl (C=O) groups excluding carboxylic acids is 2. The smallest absolute Gasteiger partial charge is 0.333 e. The summed E-state index contributed by atoms with van der Waals surface area (Å²) in [4.78, 5) is 21.6. The quantitative estimate of drug-likeness (QED) is 0.371. The molecule has 0 saturated carbocycles. The maximum Gasteiger partial charge on any atom is 0.333 e. The number of rotatable bonds is 6. The summed E-state index contributed by atoms with van der Waals surface area (Å²) in [5, 5.41) is 8.14. The van der Waals surface area contributed by atoms with Crippen LogP contribution in [0.15, 0.2) is 12.2 Å². The zero-order chi connectivity index (χ0) is 11.7. The van der Waals surface area contributed by atoms with E-state index in [2.05, 4.69) is 11.3 Å². The maximum absolute atomic E-state index is 10.9. The molecule has 0 aliphatic heterocycles. The molecule has 82 valence electrons. The van der Waals surface area contributed by atoms with E-state index >= 15 is 0 Å². The average molecular weight is 211 g/mol. The van der Waals surface area contributed by atoms with Gasteiger partial charge < -0.3 is 9.47 Å². The Morgan fingerprint density at radius 3 is 2.47 bits per heavy atom. The average Bonchev–Trinajstić information content (AvgIpc) is 2.17. The third-order valence-electron chi connectivity index (χ3n) is 1.36. The fraction of sp³-hybridized carbons (Fsp3) is 0.500. The summed E-state index contributed by atoms with van der Waals surface area (Å²) in [5.41, 5.74) is 0.330. The largest absolute Gasteiger partial charge is 0.465 e. The van der Waals surface area contributed by atoms with Crippen LogP contribution in [0.4, 0.5) is 0 Å². The Kier molecular flexibility index (Phi) is 6.64. The maximum atomic E-state index is 10.9. The third kappa shape index (κ3) is 7.26. The molecule has 0 unspecified atom stereocenters. The van der Waals surface area contributed by atoms with Gasteiger partial charge in [-0.05, 0) is 6.92 Å². The van der Waals surface area contributed by atoms with Crippen LogP contribution >= 0.6 is 0 Å². The fourth-order valence-electron chi connectivity index (χ4n) is 0.649. The van der Waals surface area contributed by atoms with E-state index in [0.29, 0.717) is 12.0 Å². The van der Waals surface area contributed by atoms with Crippen LogP contribution in [0.1, 0.15) is 19.8 Å². The molecule has 0 aromatic heterocycles. The van der Waals surface area contributed by atoms with Crippen LogP contribution in [0.2, 0.25) is 0 Å². The number of nitrogens with zero attached hydrogens (tertiary/aromatic N) is 1. The topological polar surface area (TPSA) is 76.4 Å². The van der Waals surface area contributed by atoms with Crippen molar-refractivity contribution in [3.63, 3.8) is 0 Å². The molecule has 0 saturated heterocycles. The molecule has 0 rings (SSSR count). The van der Waals surface area contributed by atoms with Crippen LogP contribution < -0.4 is 0 Å². The van der Waals surface area contributed by atoms with Crippen molar-refractivity contribution in [2.24, 2.45) is 0 Å². The van der Waals surface area contributed by atoms with Crippen LogP contribution in [0.3, 0.4) is 0 Å². The second kappa shape index (κ2) is 7.56. The summed E-state index contributed by atoms with van der Waals surface area (Å²) in [5.74, 6) is -1.03. The first kappa shape index (κ1) is 13.2. The zero-order valence-corrected chi connectivity index (χ0v) is 8.62. The highest BCUT2D eigenvalue weighted by molar-refractivity contribution is 5.86. The lowest BCUT2D eigenvalue weighted by atomic mass is 10.4. The van der Waals surface area contributed by atoms with Crippen LogP contribution in [0, 0.1) is 11.3 Å². The summed E-state index contributed by atoms with van der Waals surface area (Å²) < 4.78 is 9.40. The molecule has 0 spiro atoms. The number of hydrogen-bond donors (Lipinski definition) is 0. The number of esters is 2. The molecule has 0 aromatic rings. The van der Waals surface area contributed by atoms with E-state index in [1.807, 2.05) is 0 Å². The lowest BCUT2D eigenvalue weighted by molar-refractivity contribution is -0.143. The SMILES string of the molecule is C=C(C)C(=O)OCCCOC(=O)CC#N. The molecule has 0 atom stereocenters. The van der Waals surface area contributed by atoms with E-state index in [4.69, 9.17) is 10.00 Å². The summed E-state index contributed by atoms with van der Waals surface area (Å²) in [6.45, 7) is 5.28. The first-order valence-electron chi connectivity index (χ1n) is 4.43. The molecule has 0 N–H and O–H groups in total. The van der Waals surface area contributed by atoms with E-state index in [1.54, 1.807) is 13.0 Å². The van der Waals surface area contributed by atoms with E-state index < -0.39 is 11.9 Å². The van der Waals surface area contributed by atoms with Gasteiger partial charge in [-0.15, -0.1) is 0 Å². The first-order valence-corrected chi connectivity index (χ1v) is 4.43. The van der Waals surface area contributed by atoms with Crippen LogP contribution in [-0.2, 0) is 19.1 Å². The zero-order valence-electron chi connectivity index (χ0n) is 8.62. The molecule has 5 nitrogen and oxygen atoms in total. The molecule has 5 heteroatoms. The Bertz CT molecular complexity index is 290. The highest BCUT2D eigenvalue weighted by atomic mass is 16.5. The minimum atomic E-state index is -0.566. The molecule has 15 heavy (non-hydrogen) atoms. The number of hydrogen-bond acceptors (Lipinski definition) is 5. The van der Waals surface area contributed by atoms with Gasteiger partial charge in [0, 0.05) is 12.0 Å². The summed E-state index contributed by atoms with van der Waals surface area (Å²) >= 11 is 0. The van der Waals surface area contributed by atoms with Gasteiger partial charge in [-0.1, -0.05) is 6.58 Å². The molecule has 0 aliphatic rings. The Hall–Kier alpha value is -1.83. The predicted octanol–water partition coefficient (Wildman–Crippen LogP) is 0.953. The minimum absolute atomic E-state index is 0.143.